The molecule has 15 heteroatoms. The van der Waals surface area contributed by atoms with E-state index >= 15 is 0 Å². The number of hydrogen-bond donors (Lipinski definition) is 4. The zero-order chi connectivity index (χ0) is 36.7. The van der Waals surface area contributed by atoms with Crippen LogP contribution in [0, 0.1) is 23.2 Å². The summed E-state index contributed by atoms with van der Waals surface area (Å²) < 4.78 is 24.3. The third-order valence-electron chi connectivity index (χ3n) is 10.4. The molecule has 0 bridgehead atoms. The molecule has 276 valence electrons. The first-order valence-corrected chi connectivity index (χ1v) is 19.7. The Labute approximate surface area is 300 Å². The summed E-state index contributed by atoms with van der Waals surface area (Å²) in [6.07, 6.45) is 6.90. The first-order valence-electron chi connectivity index (χ1n) is 17.3. The van der Waals surface area contributed by atoms with Gasteiger partial charge in [-0.05, 0) is 51.4 Å². The van der Waals surface area contributed by atoms with Crippen LogP contribution in [0.25, 0.3) is 0 Å². The highest BCUT2D eigenvalue weighted by Gasteiger charge is 2.74. The number of nitrogens with zero attached hydrogens (tertiary/aromatic N) is 1. The molecule has 1 aliphatic heterocycles. The Kier molecular flexibility index (Phi) is 11.5. The fourth-order valence-electron chi connectivity index (χ4n) is 7.06. The van der Waals surface area contributed by atoms with Crippen LogP contribution < -0.4 is 21.3 Å². The Morgan fingerprint density at radius 2 is 1.59 bits per heavy atom. The van der Waals surface area contributed by atoms with Gasteiger partial charge in [-0.3, -0.25) is 19.2 Å². The Morgan fingerprint density at radius 1 is 0.980 bits per heavy atom. The van der Waals surface area contributed by atoms with Crippen LogP contribution in [0.1, 0.15) is 92.9 Å². The first-order chi connectivity index (χ1) is 22.5. The summed E-state index contributed by atoms with van der Waals surface area (Å²) in [5, 5.41) is 11.0. The zero-order valence-corrected chi connectivity index (χ0v) is 31.8. The third kappa shape index (κ3) is 8.92. The predicted molar refractivity (Wildman–Crippen MR) is 189 cm³/mol. The van der Waals surface area contributed by atoms with Gasteiger partial charge in [-0.2, -0.15) is 0 Å². The number of Topliss-reactive ketones (excluding diaryl/α,β-unsaturated/α-hetero) is 1. The van der Waals surface area contributed by atoms with Crippen LogP contribution >= 0.6 is 23.2 Å². The highest BCUT2D eigenvalue weighted by Crippen LogP contribution is 2.65. The molecule has 4 aliphatic rings. The van der Waals surface area contributed by atoms with Crippen molar-refractivity contribution >= 4 is 62.6 Å². The molecule has 1 heterocycles. The molecule has 12 nitrogen and oxygen atoms in total. The molecule has 49 heavy (non-hydrogen) atoms. The number of carbonyl (C=O) groups excluding carboxylic acids is 5. The van der Waals surface area contributed by atoms with Crippen LogP contribution in [0.4, 0.5) is 4.79 Å². The Morgan fingerprint density at radius 3 is 2.12 bits per heavy atom. The number of ketones is 1. The minimum Gasteiger partial charge on any atom is -0.346 e. The quantitative estimate of drug-likeness (QED) is 0.127. The van der Waals surface area contributed by atoms with Crippen LogP contribution in [-0.4, -0.2) is 94.4 Å². The van der Waals surface area contributed by atoms with Crippen LogP contribution in [0.3, 0.4) is 0 Å². The Balaban J connectivity index is 1.55. The number of nitrogens with one attached hydrogen (secondary N) is 4. The Bertz CT molecular complexity index is 1440. The number of piperidine rings is 1. The van der Waals surface area contributed by atoms with Crippen molar-refractivity contribution in [3.63, 3.8) is 0 Å². The van der Waals surface area contributed by atoms with E-state index in [-0.39, 0.29) is 31.2 Å². The van der Waals surface area contributed by atoms with Gasteiger partial charge in [-0.1, -0.05) is 59.0 Å². The highest BCUT2D eigenvalue weighted by molar-refractivity contribution is 7.92. The number of amides is 5. The van der Waals surface area contributed by atoms with E-state index in [2.05, 4.69) is 27.8 Å². The van der Waals surface area contributed by atoms with E-state index in [0.29, 0.717) is 12.8 Å². The number of hydrogen-bond acceptors (Lipinski definition) is 7. The molecular weight excluding hydrogens is 693 g/mol. The molecule has 5 atom stereocenters. The summed E-state index contributed by atoms with van der Waals surface area (Å²) in [6.45, 7) is 13.9. The third-order valence-corrected chi connectivity index (χ3v) is 14.3. The summed E-state index contributed by atoms with van der Waals surface area (Å²) in [4.78, 5) is 69.0. The second-order valence-corrected chi connectivity index (χ2v) is 20.6. The topological polar surface area (TPSA) is 171 Å². The molecule has 4 N–H and O–H groups in total. The number of likely N-dealkylation sites (tertiary alicyclic amines) is 1. The lowest BCUT2D eigenvalue weighted by Crippen LogP contribution is -2.64. The normalized spacial score (nSPS) is 25.6. The fraction of sp³-hybridized carbons (Fsp3) is 0.794. The van der Waals surface area contributed by atoms with Crippen LogP contribution in [0.15, 0.2) is 12.7 Å². The lowest BCUT2D eigenvalue weighted by atomic mass is 9.83. The molecule has 0 aromatic rings. The van der Waals surface area contributed by atoms with Gasteiger partial charge >= 0.3 is 6.03 Å². The van der Waals surface area contributed by atoms with Gasteiger partial charge in [0, 0.05) is 24.9 Å². The van der Waals surface area contributed by atoms with E-state index in [1.807, 2.05) is 0 Å². The average molecular weight is 747 g/mol. The van der Waals surface area contributed by atoms with E-state index < -0.39 is 89.4 Å². The van der Waals surface area contributed by atoms with Gasteiger partial charge in [-0.25, -0.2) is 13.2 Å². The summed E-state index contributed by atoms with van der Waals surface area (Å²) in [6, 6.07) is -4.03. The van der Waals surface area contributed by atoms with Crippen molar-refractivity contribution in [1.29, 1.82) is 0 Å². The minimum absolute atomic E-state index is 0.0548. The van der Waals surface area contributed by atoms with E-state index in [9.17, 15) is 32.4 Å². The van der Waals surface area contributed by atoms with Crippen molar-refractivity contribution in [2.75, 3.05) is 18.8 Å². The molecule has 0 aromatic heterocycles. The van der Waals surface area contributed by atoms with Gasteiger partial charge in [0.25, 0.3) is 5.91 Å². The van der Waals surface area contributed by atoms with Crippen molar-refractivity contribution in [3.05, 3.63) is 12.7 Å². The van der Waals surface area contributed by atoms with E-state index in [4.69, 9.17) is 23.2 Å². The first kappa shape index (κ1) is 39.4. The average Bonchev–Trinajstić information content (AvgIpc) is 3.84. The SMILES string of the molecule is C=CCNC(=O)C(=O)[C@H](CC1CC1)NC(=O)[C@@H]1[C@@H]2[C@H](CN1C(=O)[C@@H](NC(=O)NC1(CS(=O)(=O)C(C)(C)C)CCCCC1)C(C)(C)C)C2(Cl)Cl. The number of urea groups is 1. The molecule has 4 rings (SSSR count). The molecular formula is C34H53Cl2N5O7S. The summed E-state index contributed by atoms with van der Waals surface area (Å²) >= 11 is 13.1. The lowest BCUT2D eigenvalue weighted by Gasteiger charge is -2.41. The number of carbonyl (C=O) groups is 5. The molecule has 5 amide bonds. The standard InChI is InChI=1S/C34H53Cl2N5O7S/c1-8-16-37-28(44)25(42)22(17-20-12-13-20)38-27(43)24-23-21(34(23,35)36)18-41(24)29(45)26(31(2,3)4)39-30(46)40-33(14-10-9-11-15-33)19-49(47,48)32(5,6)7/h8,20-24,26H,1,9-19H2,2-7H3,(H,37,44)(H,38,43)(H2,39,40,46)/t21-,22-,23-,24-,26+/m0/s1. The minimum atomic E-state index is -3.59. The zero-order valence-electron chi connectivity index (χ0n) is 29.5. The number of fused-ring (bicyclic) bond motifs is 1. The maximum atomic E-state index is 14.4. The van der Waals surface area contributed by atoms with Crippen molar-refractivity contribution in [1.82, 2.24) is 26.2 Å². The fourth-order valence-corrected chi connectivity index (χ4v) is 9.40. The summed E-state index contributed by atoms with van der Waals surface area (Å²) in [7, 11) is -3.59. The number of alkyl halides is 2. The van der Waals surface area contributed by atoms with Gasteiger partial charge in [0.2, 0.25) is 17.6 Å². The highest BCUT2D eigenvalue weighted by atomic mass is 35.5. The van der Waals surface area contributed by atoms with E-state index in [1.165, 1.54) is 11.0 Å². The van der Waals surface area contributed by atoms with Crippen LogP contribution in [0.5, 0.6) is 0 Å². The van der Waals surface area contributed by atoms with Crippen molar-refractivity contribution in [2.24, 2.45) is 23.2 Å². The van der Waals surface area contributed by atoms with Crippen LogP contribution in [0.2, 0.25) is 0 Å². The van der Waals surface area contributed by atoms with E-state index in [0.717, 1.165) is 32.1 Å². The lowest BCUT2D eigenvalue weighted by molar-refractivity contribution is -0.144. The molecule has 3 aliphatic carbocycles. The summed E-state index contributed by atoms with van der Waals surface area (Å²) in [5.74, 6) is -3.87. The van der Waals surface area contributed by atoms with Crippen molar-refractivity contribution in [2.45, 2.75) is 126 Å². The number of halogens is 2. The molecule has 0 radical (unpaired) electrons. The molecule has 4 fully saturated rings. The molecule has 0 spiro atoms. The van der Waals surface area contributed by atoms with Gasteiger partial charge in [0.1, 0.15) is 16.4 Å². The Hall–Kier alpha value is -2.38. The second kappa shape index (κ2) is 14.3. The van der Waals surface area contributed by atoms with E-state index in [1.54, 1.807) is 41.5 Å². The maximum absolute atomic E-state index is 14.4. The van der Waals surface area contributed by atoms with Gasteiger partial charge in [0.05, 0.1) is 22.1 Å². The van der Waals surface area contributed by atoms with Crippen molar-refractivity contribution < 1.29 is 32.4 Å². The smallest absolute Gasteiger partial charge is 0.315 e. The van der Waals surface area contributed by atoms with Crippen LogP contribution in [-0.2, 0) is 29.0 Å². The molecule has 1 saturated heterocycles. The number of rotatable bonds is 13. The van der Waals surface area contributed by atoms with Gasteiger partial charge < -0.3 is 26.2 Å². The molecule has 0 unspecified atom stereocenters. The largest absolute Gasteiger partial charge is 0.346 e. The second-order valence-electron chi connectivity index (χ2n) is 16.5. The number of sulfone groups is 1. The van der Waals surface area contributed by atoms with Gasteiger partial charge in [0.15, 0.2) is 9.84 Å². The van der Waals surface area contributed by atoms with Crippen molar-refractivity contribution in [3.8, 4) is 0 Å². The maximum Gasteiger partial charge on any atom is 0.315 e. The predicted octanol–water partition coefficient (Wildman–Crippen LogP) is 3.40. The monoisotopic (exact) mass is 745 g/mol. The molecule has 3 saturated carbocycles. The van der Waals surface area contributed by atoms with Gasteiger partial charge in [-0.15, -0.1) is 29.8 Å². The summed E-state index contributed by atoms with van der Waals surface area (Å²) in [5.41, 5.74) is -1.82. The molecule has 0 aromatic carbocycles.